The summed E-state index contributed by atoms with van der Waals surface area (Å²) >= 11 is 0. The maximum Gasteiger partial charge on any atom is 0.166 e. The van der Waals surface area contributed by atoms with Gasteiger partial charge in [-0.2, -0.15) is 0 Å². The van der Waals surface area contributed by atoms with Crippen LogP contribution >= 0.6 is 0 Å². The first kappa shape index (κ1) is 12.9. The summed E-state index contributed by atoms with van der Waals surface area (Å²) in [5.74, 6) is 1.06. The number of methoxy groups -OCH3 is 1. The minimum Gasteiger partial charge on any atom is -0.497 e. The molecule has 3 heteroatoms. The fourth-order valence-electron chi connectivity index (χ4n) is 2.81. The zero-order valence-corrected chi connectivity index (χ0v) is 11.5. The zero-order chi connectivity index (χ0) is 13.9. The lowest BCUT2D eigenvalue weighted by molar-refractivity contribution is 0.0901. The van der Waals surface area contributed by atoms with E-state index in [-0.39, 0.29) is 11.7 Å². The van der Waals surface area contributed by atoms with Crippen molar-refractivity contribution in [2.24, 2.45) is 5.92 Å². The van der Waals surface area contributed by atoms with E-state index in [1.165, 1.54) is 5.56 Å². The van der Waals surface area contributed by atoms with Crippen LogP contribution in [0.1, 0.15) is 27.9 Å². The van der Waals surface area contributed by atoms with Crippen LogP contribution in [-0.4, -0.2) is 17.9 Å². The third-order valence-corrected chi connectivity index (χ3v) is 3.95. The van der Waals surface area contributed by atoms with E-state index in [1.807, 2.05) is 30.3 Å². The fraction of sp³-hybridized carbons (Fsp3) is 0.294. The Labute approximate surface area is 118 Å². The van der Waals surface area contributed by atoms with Gasteiger partial charge in [0.25, 0.3) is 0 Å². The van der Waals surface area contributed by atoms with Crippen LogP contribution in [0.2, 0.25) is 0 Å². The van der Waals surface area contributed by atoms with Crippen molar-refractivity contribution < 1.29 is 9.53 Å². The third kappa shape index (κ3) is 2.44. The molecule has 0 N–H and O–H groups in total. The summed E-state index contributed by atoms with van der Waals surface area (Å²) in [6.07, 6.45) is 6.22. The van der Waals surface area contributed by atoms with E-state index >= 15 is 0 Å². The summed E-state index contributed by atoms with van der Waals surface area (Å²) < 4.78 is 5.22. The maximum absolute atomic E-state index is 12.6. The van der Waals surface area contributed by atoms with Crippen molar-refractivity contribution in [1.29, 1.82) is 0 Å². The number of benzene rings is 1. The number of carbonyl (C=O) groups excluding carboxylic acids is 1. The van der Waals surface area contributed by atoms with Gasteiger partial charge in [0.15, 0.2) is 5.78 Å². The number of ether oxygens (including phenoxy) is 1. The number of aryl methyl sites for hydroxylation is 1. The highest BCUT2D eigenvalue weighted by molar-refractivity contribution is 6.00. The van der Waals surface area contributed by atoms with Crippen LogP contribution in [0.5, 0.6) is 5.75 Å². The van der Waals surface area contributed by atoms with Crippen LogP contribution in [-0.2, 0) is 12.8 Å². The quantitative estimate of drug-likeness (QED) is 0.858. The molecule has 0 fully saturated rings. The molecule has 3 rings (SSSR count). The van der Waals surface area contributed by atoms with Gasteiger partial charge < -0.3 is 4.74 Å². The highest BCUT2D eigenvalue weighted by Gasteiger charge is 2.27. The number of hydrogen-bond donors (Lipinski definition) is 0. The normalized spacial score (nSPS) is 17.6. The minimum atomic E-state index is 0.0667. The van der Waals surface area contributed by atoms with Crippen LogP contribution < -0.4 is 4.74 Å². The van der Waals surface area contributed by atoms with Gasteiger partial charge in [0.2, 0.25) is 0 Å². The number of nitrogens with zero attached hydrogens (tertiary/aromatic N) is 1. The summed E-state index contributed by atoms with van der Waals surface area (Å²) in [5.41, 5.74) is 3.14. The molecule has 1 heterocycles. The molecule has 102 valence electrons. The van der Waals surface area contributed by atoms with E-state index in [4.69, 9.17) is 4.74 Å². The first-order valence-electron chi connectivity index (χ1n) is 6.88. The molecule has 0 aliphatic heterocycles. The highest BCUT2D eigenvalue weighted by atomic mass is 16.5. The van der Waals surface area contributed by atoms with Crippen molar-refractivity contribution in [2.75, 3.05) is 7.11 Å². The smallest absolute Gasteiger partial charge is 0.166 e. The van der Waals surface area contributed by atoms with Gasteiger partial charge in [-0.05, 0) is 54.7 Å². The number of pyridine rings is 1. The first-order chi connectivity index (χ1) is 9.78. The van der Waals surface area contributed by atoms with Gasteiger partial charge in [-0.1, -0.05) is 6.07 Å². The van der Waals surface area contributed by atoms with E-state index in [9.17, 15) is 4.79 Å². The number of Topliss-reactive ketones (excluding diaryl/α,β-unsaturated/α-hetero) is 1. The number of aromatic nitrogens is 1. The SMILES string of the molecule is COc1ccc2c(c1)C(=O)[C@H](Cc1ccncc1)CC2. The molecule has 20 heavy (non-hydrogen) atoms. The lowest BCUT2D eigenvalue weighted by atomic mass is 9.80. The van der Waals surface area contributed by atoms with Crippen molar-refractivity contribution in [1.82, 2.24) is 4.98 Å². The third-order valence-electron chi connectivity index (χ3n) is 3.95. The number of carbonyl (C=O) groups is 1. The second-order valence-electron chi connectivity index (χ2n) is 5.18. The molecule has 0 saturated carbocycles. The van der Waals surface area contributed by atoms with Crippen LogP contribution in [0.15, 0.2) is 42.7 Å². The Balaban J connectivity index is 1.85. The highest BCUT2D eigenvalue weighted by Crippen LogP contribution is 2.30. The summed E-state index contributed by atoms with van der Waals surface area (Å²) in [7, 11) is 1.63. The maximum atomic E-state index is 12.6. The Morgan fingerprint density at radius 1 is 1.25 bits per heavy atom. The lowest BCUT2D eigenvalue weighted by Crippen LogP contribution is -2.24. The molecule has 1 aromatic heterocycles. The topological polar surface area (TPSA) is 39.2 Å². The molecule has 1 atom stereocenters. The molecular formula is C17H17NO2. The number of rotatable bonds is 3. The van der Waals surface area contributed by atoms with Gasteiger partial charge in [-0.25, -0.2) is 0 Å². The van der Waals surface area contributed by atoms with Gasteiger partial charge in [0.05, 0.1) is 7.11 Å². The van der Waals surface area contributed by atoms with E-state index < -0.39 is 0 Å². The van der Waals surface area contributed by atoms with Crippen molar-refractivity contribution in [3.8, 4) is 5.75 Å². The first-order valence-corrected chi connectivity index (χ1v) is 6.88. The summed E-state index contributed by atoms with van der Waals surface area (Å²) in [4.78, 5) is 16.6. The van der Waals surface area contributed by atoms with E-state index in [1.54, 1.807) is 19.5 Å². The molecule has 1 aromatic carbocycles. The van der Waals surface area contributed by atoms with Crippen LogP contribution in [0, 0.1) is 5.92 Å². The van der Waals surface area contributed by atoms with Gasteiger partial charge in [-0.15, -0.1) is 0 Å². The molecule has 0 amide bonds. The predicted octanol–water partition coefficient (Wildman–Crippen LogP) is 3.08. The van der Waals surface area contributed by atoms with Crippen molar-refractivity contribution >= 4 is 5.78 Å². The largest absolute Gasteiger partial charge is 0.497 e. The minimum absolute atomic E-state index is 0.0667. The molecule has 0 bridgehead atoms. The second kappa shape index (κ2) is 5.45. The zero-order valence-electron chi connectivity index (χ0n) is 11.5. The molecule has 0 unspecified atom stereocenters. The van der Waals surface area contributed by atoms with Crippen molar-refractivity contribution in [3.63, 3.8) is 0 Å². The fourth-order valence-corrected chi connectivity index (χ4v) is 2.81. The van der Waals surface area contributed by atoms with Crippen LogP contribution in [0.25, 0.3) is 0 Å². The van der Waals surface area contributed by atoms with Gasteiger partial charge in [0, 0.05) is 23.9 Å². The van der Waals surface area contributed by atoms with Crippen LogP contribution in [0.3, 0.4) is 0 Å². The van der Waals surface area contributed by atoms with Gasteiger partial charge in [-0.3, -0.25) is 9.78 Å². The summed E-state index contributed by atoms with van der Waals surface area (Å²) in [6, 6.07) is 9.77. The van der Waals surface area contributed by atoms with Gasteiger partial charge in [0.1, 0.15) is 5.75 Å². The Kier molecular flexibility index (Phi) is 3.50. The molecule has 1 aliphatic rings. The number of ketones is 1. The average molecular weight is 267 g/mol. The van der Waals surface area contributed by atoms with Crippen LogP contribution in [0.4, 0.5) is 0 Å². The summed E-state index contributed by atoms with van der Waals surface area (Å²) in [6.45, 7) is 0. The molecule has 0 spiro atoms. The average Bonchev–Trinajstić information content (AvgIpc) is 2.51. The Morgan fingerprint density at radius 2 is 2.05 bits per heavy atom. The molecule has 3 nitrogen and oxygen atoms in total. The molecule has 1 aliphatic carbocycles. The summed E-state index contributed by atoms with van der Waals surface area (Å²) in [5, 5.41) is 0. The van der Waals surface area contributed by atoms with E-state index in [2.05, 4.69) is 4.98 Å². The molecule has 0 radical (unpaired) electrons. The number of hydrogen-bond acceptors (Lipinski definition) is 3. The molecular weight excluding hydrogens is 250 g/mol. The van der Waals surface area contributed by atoms with Crippen molar-refractivity contribution in [2.45, 2.75) is 19.3 Å². The molecule has 2 aromatic rings. The second-order valence-corrected chi connectivity index (χ2v) is 5.18. The van der Waals surface area contributed by atoms with E-state index in [0.29, 0.717) is 0 Å². The predicted molar refractivity (Wildman–Crippen MR) is 77.1 cm³/mol. The van der Waals surface area contributed by atoms with Gasteiger partial charge >= 0.3 is 0 Å². The standard InChI is InChI=1S/C17H17NO2/c1-20-15-5-4-13-2-3-14(17(19)16(13)11-15)10-12-6-8-18-9-7-12/h4-9,11,14H,2-3,10H2,1H3/t14-/m0/s1. The van der Waals surface area contributed by atoms with Crippen molar-refractivity contribution in [3.05, 3.63) is 59.4 Å². The monoisotopic (exact) mass is 267 g/mol. The Hall–Kier alpha value is -2.16. The lowest BCUT2D eigenvalue weighted by Gasteiger charge is -2.23. The molecule has 0 saturated heterocycles. The van der Waals surface area contributed by atoms with E-state index in [0.717, 1.165) is 36.1 Å². The Bertz CT molecular complexity index is 622. The Morgan fingerprint density at radius 3 is 2.80 bits per heavy atom. The number of fused-ring (bicyclic) bond motifs is 1.